The summed E-state index contributed by atoms with van der Waals surface area (Å²) in [6.45, 7) is 0. The van der Waals surface area contributed by atoms with Gasteiger partial charge in [0.25, 0.3) is 11.2 Å². The van der Waals surface area contributed by atoms with Gasteiger partial charge in [-0.15, -0.1) is 4.85 Å². The number of nitro groups is 1. The second kappa shape index (κ2) is 4.46. The minimum Gasteiger partial charge on any atom is -0.692 e. The van der Waals surface area contributed by atoms with Crippen LogP contribution in [-0.4, -0.2) is 14.8 Å². The smallest absolute Gasteiger partial charge is 0.274 e. The van der Waals surface area contributed by atoms with Crippen molar-refractivity contribution < 1.29 is 9.77 Å². The van der Waals surface area contributed by atoms with Crippen molar-refractivity contribution in [3.05, 3.63) is 62.8 Å². The Morgan fingerprint density at radius 1 is 1.25 bits per heavy atom. The molecule has 0 spiro atoms. The molecule has 8 heteroatoms. The average Bonchev–Trinajstić information content (AvgIpc) is 2.76. The van der Waals surface area contributed by atoms with Crippen molar-refractivity contribution in [1.82, 2.24) is 9.90 Å². The highest BCUT2D eigenvalue weighted by Crippen LogP contribution is 2.19. The first-order valence-corrected chi connectivity index (χ1v) is 5.97. The molecule has 3 rings (SSSR count). The Morgan fingerprint density at radius 3 is 2.75 bits per heavy atom. The summed E-state index contributed by atoms with van der Waals surface area (Å²) in [5.41, 5.74) is 0.809. The summed E-state index contributed by atoms with van der Waals surface area (Å²) >= 11 is 5.87. The quantitative estimate of drug-likeness (QED) is 0.313. The molecule has 0 fully saturated rings. The van der Waals surface area contributed by atoms with Gasteiger partial charge in [-0.05, 0) is 23.0 Å². The minimum absolute atomic E-state index is 0.124. The second-order valence-electron chi connectivity index (χ2n) is 4.07. The van der Waals surface area contributed by atoms with E-state index >= 15 is 0 Å². The Morgan fingerprint density at radius 2 is 2.05 bits per heavy atom. The lowest BCUT2D eigenvalue weighted by Crippen LogP contribution is -2.37. The van der Waals surface area contributed by atoms with Gasteiger partial charge in [0.2, 0.25) is 5.52 Å². The van der Waals surface area contributed by atoms with Crippen molar-refractivity contribution in [2.24, 2.45) is 0 Å². The van der Waals surface area contributed by atoms with Gasteiger partial charge in [0.05, 0.1) is 16.1 Å². The van der Waals surface area contributed by atoms with Crippen LogP contribution in [-0.2, 0) is 0 Å². The van der Waals surface area contributed by atoms with Crippen LogP contribution in [0.2, 0.25) is 5.02 Å². The Hall–Kier alpha value is -2.67. The number of aromatic nitrogens is 3. The molecule has 100 valence electrons. The van der Waals surface area contributed by atoms with Gasteiger partial charge >= 0.3 is 0 Å². The zero-order valence-corrected chi connectivity index (χ0v) is 10.7. The van der Waals surface area contributed by atoms with Gasteiger partial charge < -0.3 is 5.21 Å². The topological polar surface area (TPSA) is 87.9 Å². The van der Waals surface area contributed by atoms with Crippen LogP contribution < -0.4 is 4.85 Å². The lowest BCUT2D eigenvalue weighted by Gasteiger charge is -2.03. The standard InChI is InChI=1S/C12H7ClN4O3/c13-8-2-1-3-9(6-8)15-14-11-5-4-10(17(19)20)7-12(11)16(15)18/h1-7H. The molecule has 1 heterocycles. The minimum atomic E-state index is -0.559. The normalized spacial score (nSPS) is 10.8. The van der Waals surface area contributed by atoms with E-state index in [2.05, 4.69) is 5.10 Å². The van der Waals surface area contributed by atoms with Crippen molar-refractivity contribution in [3.8, 4) is 5.69 Å². The summed E-state index contributed by atoms with van der Waals surface area (Å²) in [5.74, 6) is 0. The van der Waals surface area contributed by atoms with E-state index in [4.69, 9.17) is 11.6 Å². The highest BCUT2D eigenvalue weighted by molar-refractivity contribution is 6.30. The summed E-state index contributed by atoms with van der Waals surface area (Å²) in [4.78, 5) is 11.8. The molecule has 7 nitrogen and oxygen atoms in total. The van der Waals surface area contributed by atoms with Crippen LogP contribution in [0.4, 0.5) is 5.69 Å². The number of nitro benzene ring substituents is 1. The predicted octanol–water partition coefficient (Wildman–Crippen LogP) is 2.22. The molecular formula is C12H7ClN4O3. The van der Waals surface area contributed by atoms with Crippen LogP contribution in [0.1, 0.15) is 0 Å². The first-order valence-electron chi connectivity index (χ1n) is 5.59. The number of fused-ring (bicyclic) bond motifs is 1. The number of rotatable bonds is 2. The molecule has 0 aliphatic heterocycles. The Labute approximate surface area is 117 Å². The van der Waals surface area contributed by atoms with Crippen molar-refractivity contribution >= 4 is 28.3 Å². The van der Waals surface area contributed by atoms with Gasteiger partial charge in [-0.2, -0.15) is 0 Å². The molecule has 1 aromatic heterocycles. The van der Waals surface area contributed by atoms with Crippen molar-refractivity contribution in [3.63, 3.8) is 0 Å². The summed E-state index contributed by atoms with van der Waals surface area (Å²) in [6.07, 6.45) is 0. The number of nitrogens with zero attached hydrogens (tertiary/aromatic N) is 4. The Bertz CT molecular complexity index is 831. The molecule has 0 aliphatic rings. The summed E-state index contributed by atoms with van der Waals surface area (Å²) < 4.78 is 0. The van der Waals surface area contributed by atoms with Gasteiger partial charge in [-0.1, -0.05) is 17.7 Å². The zero-order chi connectivity index (χ0) is 14.3. The third-order valence-corrected chi connectivity index (χ3v) is 3.02. The maximum Gasteiger partial charge on any atom is 0.274 e. The van der Waals surface area contributed by atoms with Crippen LogP contribution in [0, 0.1) is 15.3 Å². The summed E-state index contributed by atoms with van der Waals surface area (Å²) in [5, 5.41) is 27.5. The molecule has 0 bridgehead atoms. The molecule has 0 atom stereocenters. The molecule has 20 heavy (non-hydrogen) atoms. The fourth-order valence-corrected chi connectivity index (χ4v) is 2.06. The first-order chi connectivity index (χ1) is 9.56. The highest BCUT2D eigenvalue weighted by atomic mass is 35.5. The van der Waals surface area contributed by atoms with Crippen molar-refractivity contribution in [2.75, 3.05) is 0 Å². The number of non-ortho nitro benzene ring substituents is 1. The Balaban J connectivity index is 2.23. The third-order valence-electron chi connectivity index (χ3n) is 2.79. The predicted molar refractivity (Wildman–Crippen MR) is 71.7 cm³/mol. The number of halogens is 1. The maximum atomic E-state index is 12.2. The van der Waals surface area contributed by atoms with E-state index in [9.17, 15) is 15.3 Å². The van der Waals surface area contributed by atoms with Gasteiger partial charge in [0.15, 0.2) is 0 Å². The zero-order valence-electron chi connectivity index (χ0n) is 9.93. The molecular weight excluding hydrogens is 284 g/mol. The van der Waals surface area contributed by atoms with Crippen LogP contribution in [0.25, 0.3) is 16.7 Å². The maximum absolute atomic E-state index is 12.2. The van der Waals surface area contributed by atoms with E-state index in [1.807, 2.05) is 0 Å². The van der Waals surface area contributed by atoms with Crippen LogP contribution >= 0.6 is 11.6 Å². The molecule has 3 aromatic rings. The third kappa shape index (κ3) is 1.94. The van der Waals surface area contributed by atoms with E-state index in [-0.39, 0.29) is 11.2 Å². The summed E-state index contributed by atoms with van der Waals surface area (Å²) in [7, 11) is 0. The Kier molecular flexibility index (Phi) is 2.76. The average molecular weight is 291 g/mol. The summed E-state index contributed by atoms with van der Waals surface area (Å²) in [6, 6.07) is 10.5. The lowest BCUT2D eigenvalue weighted by atomic mass is 10.3. The van der Waals surface area contributed by atoms with E-state index in [0.717, 1.165) is 4.80 Å². The van der Waals surface area contributed by atoms with E-state index < -0.39 is 4.92 Å². The van der Waals surface area contributed by atoms with Gasteiger partial charge in [-0.3, -0.25) is 10.1 Å². The van der Waals surface area contributed by atoms with E-state index in [0.29, 0.717) is 21.1 Å². The van der Waals surface area contributed by atoms with E-state index in [1.54, 1.807) is 24.3 Å². The molecule has 0 aliphatic carbocycles. The second-order valence-corrected chi connectivity index (χ2v) is 4.51. The largest absolute Gasteiger partial charge is 0.692 e. The first kappa shape index (κ1) is 12.4. The van der Waals surface area contributed by atoms with Crippen molar-refractivity contribution in [1.29, 1.82) is 0 Å². The fourth-order valence-electron chi connectivity index (χ4n) is 1.87. The highest BCUT2D eigenvalue weighted by Gasteiger charge is 2.19. The van der Waals surface area contributed by atoms with Gasteiger partial charge in [0, 0.05) is 17.2 Å². The SMILES string of the molecule is O=[N+]([O-])c1ccc2nn(-c3cccc(Cl)c3)[n+]([O-])c2c1. The molecule has 0 saturated heterocycles. The number of hydrogen-bond acceptors (Lipinski definition) is 4. The van der Waals surface area contributed by atoms with Crippen LogP contribution in [0.5, 0.6) is 0 Å². The monoisotopic (exact) mass is 290 g/mol. The van der Waals surface area contributed by atoms with Crippen LogP contribution in [0.15, 0.2) is 42.5 Å². The van der Waals surface area contributed by atoms with Gasteiger partial charge in [0.1, 0.15) is 5.69 Å². The van der Waals surface area contributed by atoms with Crippen LogP contribution in [0.3, 0.4) is 0 Å². The van der Waals surface area contributed by atoms with E-state index in [1.165, 1.54) is 18.2 Å². The molecule has 0 saturated carbocycles. The molecule has 0 N–H and O–H groups in total. The molecule has 0 unspecified atom stereocenters. The molecule has 2 aromatic carbocycles. The molecule has 0 amide bonds. The molecule has 0 radical (unpaired) electrons. The fraction of sp³-hybridized carbons (Fsp3) is 0. The van der Waals surface area contributed by atoms with Gasteiger partial charge in [-0.25, -0.2) is 0 Å². The lowest BCUT2D eigenvalue weighted by molar-refractivity contribution is -0.664. The number of benzene rings is 2. The number of hydrogen-bond donors (Lipinski definition) is 0. The van der Waals surface area contributed by atoms with Crippen molar-refractivity contribution in [2.45, 2.75) is 0 Å².